The summed E-state index contributed by atoms with van der Waals surface area (Å²) >= 11 is 0. The molecule has 2 aliphatic heterocycles. The van der Waals surface area contributed by atoms with Gasteiger partial charge in [-0.1, -0.05) is 30.9 Å². The first-order valence-corrected chi connectivity index (χ1v) is 7.31. The van der Waals surface area contributed by atoms with Gasteiger partial charge < -0.3 is 22.0 Å². The van der Waals surface area contributed by atoms with E-state index in [1.165, 1.54) is 11.1 Å². The van der Waals surface area contributed by atoms with E-state index in [2.05, 4.69) is 82.1 Å². The second-order valence-corrected chi connectivity index (χ2v) is 5.41. The van der Waals surface area contributed by atoms with Gasteiger partial charge in [0.2, 0.25) is 0 Å². The Hall–Kier alpha value is -1.32. The number of nitrogens with zero attached hydrogens (tertiary/aromatic N) is 3. The van der Waals surface area contributed by atoms with Gasteiger partial charge in [0, 0.05) is 32.7 Å². The Balaban J connectivity index is 0.000000751. The summed E-state index contributed by atoms with van der Waals surface area (Å²) < 4.78 is 2.20. The van der Waals surface area contributed by atoms with E-state index in [1.54, 1.807) is 0 Å². The quantitative estimate of drug-likeness (QED) is 0.394. The van der Waals surface area contributed by atoms with Crippen LogP contribution in [0.4, 0.5) is 11.5 Å². The van der Waals surface area contributed by atoms with Crippen molar-refractivity contribution < 1.29 is 52.8 Å². The minimum absolute atomic E-state index is 0. The standard InChI is InChI=1S/C19H13N3.CH3.Ir.Y/c1-2-7-15(8-3-1)16-13-21-18-10-5-4-9-17(18)20-12-6-11-19(20)22(21)14-16;;;/h1-9,11-14H;1H3;;/q-2;-1;+3;. The van der Waals surface area contributed by atoms with E-state index in [4.69, 9.17) is 0 Å². The van der Waals surface area contributed by atoms with Gasteiger partial charge in [-0.2, -0.15) is 18.2 Å². The van der Waals surface area contributed by atoms with Crippen molar-refractivity contribution in [3.05, 3.63) is 98.7 Å². The number of hydrogen-bond acceptors (Lipinski definition) is 2. The summed E-state index contributed by atoms with van der Waals surface area (Å²) in [5, 5.41) is 4.33. The fraction of sp³-hybridized carbons (Fsp3) is 0. The van der Waals surface area contributed by atoms with Crippen LogP contribution in [0.15, 0.2) is 73.1 Å². The predicted molar refractivity (Wildman–Crippen MR) is 94.7 cm³/mol. The smallest absolute Gasteiger partial charge is 0.358 e. The number of hydrazine groups is 1. The number of hydrogen-bond donors (Lipinski definition) is 0. The van der Waals surface area contributed by atoms with E-state index in [-0.39, 0.29) is 60.2 Å². The zero-order valence-corrected chi connectivity index (χ0v) is 19.0. The van der Waals surface area contributed by atoms with Crippen molar-refractivity contribution in [2.24, 2.45) is 0 Å². The monoisotopic (exact) mass is 580 g/mol. The maximum absolute atomic E-state index is 3.36. The van der Waals surface area contributed by atoms with Crippen molar-refractivity contribution in [2.45, 2.75) is 0 Å². The van der Waals surface area contributed by atoms with Crippen LogP contribution in [0.1, 0.15) is 5.56 Å². The minimum Gasteiger partial charge on any atom is -0.358 e. The Labute approximate surface area is 187 Å². The first kappa shape index (κ1) is 20.0. The molecular formula is C20H16IrN3Y. The Bertz CT molecular complexity index is 889. The summed E-state index contributed by atoms with van der Waals surface area (Å²) in [6, 6.07) is 24.1. The molecule has 0 fully saturated rings. The van der Waals surface area contributed by atoms with Crippen LogP contribution >= 0.6 is 0 Å². The molecule has 25 heavy (non-hydrogen) atoms. The fourth-order valence-electron chi connectivity index (χ4n) is 3.11. The summed E-state index contributed by atoms with van der Waals surface area (Å²) in [4.78, 5) is 0. The average molecular weight is 579 g/mol. The second kappa shape index (κ2) is 7.93. The molecule has 0 amide bonds. The van der Waals surface area contributed by atoms with Gasteiger partial charge in [-0.05, 0) is 29.7 Å². The normalized spacial score (nSPS) is 13.0. The summed E-state index contributed by atoms with van der Waals surface area (Å²) in [5.41, 5.74) is 4.62. The Kier molecular flexibility index (Phi) is 6.34. The van der Waals surface area contributed by atoms with E-state index < -0.39 is 0 Å². The Morgan fingerprint density at radius 2 is 1.72 bits per heavy atom. The van der Waals surface area contributed by atoms with Gasteiger partial charge in [-0.15, -0.1) is 29.3 Å². The molecule has 2 aliphatic rings. The maximum atomic E-state index is 3.36. The van der Waals surface area contributed by atoms with Crippen molar-refractivity contribution in [1.82, 2.24) is 4.57 Å². The van der Waals surface area contributed by atoms with E-state index in [1.807, 2.05) is 18.2 Å². The molecule has 0 aliphatic carbocycles. The van der Waals surface area contributed by atoms with Gasteiger partial charge in [0.1, 0.15) is 5.82 Å². The SMILES string of the molecule is [CH3-].[Ir+3].[Y].[c-]1cccc2c1N1[CH-]C(c3ccccc3)=CN1c1cccn1-2. The number of aromatic nitrogens is 1. The average Bonchev–Trinajstić information content (AvgIpc) is 3.23. The second-order valence-electron chi connectivity index (χ2n) is 5.41. The Morgan fingerprint density at radius 1 is 0.920 bits per heavy atom. The summed E-state index contributed by atoms with van der Waals surface area (Å²) in [6.45, 7) is 2.17. The molecule has 3 aromatic rings. The molecule has 0 spiro atoms. The third-order valence-corrected chi connectivity index (χ3v) is 4.13. The van der Waals surface area contributed by atoms with Crippen molar-refractivity contribution in [1.29, 1.82) is 0 Å². The Morgan fingerprint density at radius 3 is 2.52 bits per heavy atom. The molecule has 2 aromatic carbocycles. The number of para-hydroxylation sites is 1. The molecule has 0 N–H and O–H groups in total. The number of benzene rings is 2. The van der Waals surface area contributed by atoms with Crippen LogP contribution in [0.5, 0.6) is 0 Å². The molecule has 3 nitrogen and oxygen atoms in total. The molecule has 5 rings (SSSR count). The van der Waals surface area contributed by atoms with Gasteiger partial charge >= 0.3 is 20.1 Å². The molecule has 0 atom stereocenters. The molecule has 3 heterocycles. The first-order valence-electron chi connectivity index (χ1n) is 7.31. The van der Waals surface area contributed by atoms with Crippen LogP contribution in [0, 0.1) is 20.0 Å². The van der Waals surface area contributed by atoms with Crippen molar-refractivity contribution in [2.75, 3.05) is 10.0 Å². The summed E-state index contributed by atoms with van der Waals surface area (Å²) in [7, 11) is 0. The number of rotatable bonds is 1. The molecule has 0 saturated carbocycles. The molecule has 0 unspecified atom stereocenters. The van der Waals surface area contributed by atoms with Gasteiger partial charge in [-0.25, -0.2) is 0 Å². The van der Waals surface area contributed by atoms with Crippen LogP contribution in [0.2, 0.25) is 0 Å². The van der Waals surface area contributed by atoms with Crippen molar-refractivity contribution in [3.8, 4) is 5.69 Å². The van der Waals surface area contributed by atoms with Gasteiger partial charge in [0.25, 0.3) is 0 Å². The van der Waals surface area contributed by atoms with Crippen LogP contribution in [-0.2, 0) is 52.8 Å². The van der Waals surface area contributed by atoms with Crippen LogP contribution in [-0.4, -0.2) is 4.57 Å². The molecule has 123 valence electrons. The van der Waals surface area contributed by atoms with Crippen molar-refractivity contribution in [3.63, 3.8) is 0 Å². The van der Waals surface area contributed by atoms with Crippen LogP contribution < -0.4 is 10.0 Å². The molecule has 0 saturated heterocycles. The molecule has 5 heteroatoms. The summed E-state index contributed by atoms with van der Waals surface area (Å²) in [5.74, 6) is 1.13. The largest absolute Gasteiger partial charge is 3.00 e. The first-order chi connectivity index (χ1) is 10.9. The minimum atomic E-state index is 0. The predicted octanol–water partition coefficient (Wildman–Crippen LogP) is 4.48. The van der Waals surface area contributed by atoms with Crippen LogP contribution in [0.25, 0.3) is 11.3 Å². The third kappa shape index (κ3) is 3.13. The number of fused-ring (bicyclic) bond motifs is 6. The molecular weight excluding hydrogens is 563 g/mol. The van der Waals surface area contributed by atoms with Gasteiger partial charge in [0.15, 0.2) is 0 Å². The van der Waals surface area contributed by atoms with Crippen LogP contribution in [0.3, 0.4) is 0 Å². The zero-order chi connectivity index (χ0) is 14.5. The van der Waals surface area contributed by atoms with Crippen molar-refractivity contribution >= 4 is 17.1 Å². The van der Waals surface area contributed by atoms with Gasteiger partial charge in [-0.3, -0.25) is 0 Å². The van der Waals surface area contributed by atoms with E-state index in [0.29, 0.717) is 0 Å². The van der Waals surface area contributed by atoms with E-state index in [9.17, 15) is 0 Å². The third-order valence-electron chi connectivity index (χ3n) is 4.13. The number of anilines is 2. The van der Waals surface area contributed by atoms with E-state index in [0.717, 1.165) is 17.2 Å². The molecule has 0 bridgehead atoms. The molecule has 1 aromatic heterocycles. The topological polar surface area (TPSA) is 11.4 Å². The summed E-state index contributed by atoms with van der Waals surface area (Å²) in [6.07, 6.45) is 4.26. The van der Waals surface area contributed by atoms with Gasteiger partial charge in [0.05, 0.1) is 0 Å². The fourth-order valence-corrected chi connectivity index (χ4v) is 3.11. The zero-order valence-electron chi connectivity index (χ0n) is 13.8. The van der Waals surface area contributed by atoms with E-state index >= 15 is 0 Å². The molecule has 1 radical (unpaired) electrons. The maximum Gasteiger partial charge on any atom is 3.00 e.